The number of hydrogen-bond acceptors (Lipinski definition) is 4. The van der Waals surface area contributed by atoms with Gasteiger partial charge in [-0.25, -0.2) is 9.89 Å². The Hall–Kier alpha value is -2.70. The number of hydrogen-bond donors (Lipinski definition) is 3. The molecular formula is C12H13N5O2. The van der Waals surface area contributed by atoms with Crippen molar-refractivity contribution >= 4 is 17.6 Å². The molecule has 1 aromatic carbocycles. The van der Waals surface area contributed by atoms with Gasteiger partial charge in [-0.2, -0.15) is 0 Å². The first kappa shape index (κ1) is 12.7. The van der Waals surface area contributed by atoms with E-state index in [1.165, 1.54) is 11.5 Å². The summed E-state index contributed by atoms with van der Waals surface area (Å²) in [6.45, 7) is 1.66. The molecule has 0 aliphatic heterocycles. The smallest absolute Gasteiger partial charge is 0.300 e. The van der Waals surface area contributed by atoms with Gasteiger partial charge in [0.2, 0.25) is 5.95 Å². The molecule has 19 heavy (non-hydrogen) atoms. The van der Waals surface area contributed by atoms with Crippen LogP contribution < -0.4 is 11.0 Å². The lowest BCUT2D eigenvalue weighted by molar-refractivity contribution is -0.110. The van der Waals surface area contributed by atoms with Gasteiger partial charge >= 0.3 is 5.69 Å². The van der Waals surface area contributed by atoms with E-state index in [1.807, 2.05) is 30.3 Å². The second-order valence-corrected chi connectivity index (χ2v) is 4.00. The third-order valence-electron chi connectivity index (χ3n) is 2.51. The number of nitrogens with zero attached hydrogens (tertiary/aromatic N) is 2. The molecule has 1 heterocycles. The monoisotopic (exact) mass is 259 g/mol. The Morgan fingerprint density at radius 1 is 1.42 bits per heavy atom. The van der Waals surface area contributed by atoms with Crippen LogP contribution in [0.5, 0.6) is 0 Å². The van der Waals surface area contributed by atoms with Crippen LogP contribution in [-0.2, 0) is 11.3 Å². The van der Waals surface area contributed by atoms with E-state index in [4.69, 9.17) is 5.41 Å². The molecule has 1 amide bonds. The number of aromatic nitrogens is 3. The Balaban J connectivity index is 2.26. The molecule has 0 radical (unpaired) electrons. The number of carbonyl (C=O) groups excluding carboxylic acids is 1. The summed E-state index contributed by atoms with van der Waals surface area (Å²) in [4.78, 5) is 23.1. The number of anilines is 1. The van der Waals surface area contributed by atoms with Crippen LogP contribution in [0, 0.1) is 5.41 Å². The van der Waals surface area contributed by atoms with E-state index in [0.717, 1.165) is 5.56 Å². The zero-order valence-electron chi connectivity index (χ0n) is 10.3. The summed E-state index contributed by atoms with van der Waals surface area (Å²) in [6.07, 6.45) is 0. The Morgan fingerprint density at radius 3 is 2.74 bits per heavy atom. The number of benzene rings is 1. The highest BCUT2D eigenvalue weighted by molar-refractivity contribution is 6.40. The molecule has 0 bridgehead atoms. The highest BCUT2D eigenvalue weighted by atomic mass is 16.2. The van der Waals surface area contributed by atoms with Crippen LogP contribution in [-0.4, -0.2) is 26.4 Å². The molecular weight excluding hydrogens is 246 g/mol. The van der Waals surface area contributed by atoms with Gasteiger partial charge in [-0.3, -0.25) is 20.1 Å². The first-order valence-electron chi connectivity index (χ1n) is 5.63. The van der Waals surface area contributed by atoms with Gasteiger partial charge in [-0.05, 0) is 12.5 Å². The first-order valence-corrected chi connectivity index (χ1v) is 5.63. The third-order valence-corrected chi connectivity index (χ3v) is 2.51. The predicted octanol–water partition coefficient (Wildman–Crippen LogP) is 0.598. The zero-order chi connectivity index (χ0) is 13.8. The molecule has 7 nitrogen and oxygen atoms in total. The van der Waals surface area contributed by atoms with E-state index < -0.39 is 11.6 Å². The van der Waals surface area contributed by atoms with Crippen molar-refractivity contribution in [1.29, 1.82) is 5.41 Å². The zero-order valence-corrected chi connectivity index (χ0v) is 10.3. The summed E-state index contributed by atoms with van der Waals surface area (Å²) in [7, 11) is 0. The van der Waals surface area contributed by atoms with Gasteiger partial charge in [0.15, 0.2) is 0 Å². The summed E-state index contributed by atoms with van der Waals surface area (Å²) in [6, 6.07) is 9.34. The maximum atomic E-state index is 11.6. The lowest BCUT2D eigenvalue weighted by atomic mass is 10.2. The second-order valence-electron chi connectivity index (χ2n) is 4.00. The summed E-state index contributed by atoms with van der Waals surface area (Å²) in [5, 5.41) is 15.6. The van der Waals surface area contributed by atoms with Crippen molar-refractivity contribution in [2.24, 2.45) is 0 Å². The average Bonchev–Trinajstić information content (AvgIpc) is 2.72. The first-order chi connectivity index (χ1) is 9.08. The fourth-order valence-electron chi connectivity index (χ4n) is 1.52. The molecule has 2 rings (SSSR count). The van der Waals surface area contributed by atoms with Gasteiger partial charge in [-0.15, -0.1) is 5.10 Å². The van der Waals surface area contributed by atoms with Crippen LogP contribution in [0.4, 0.5) is 5.95 Å². The van der Waals surface area contributed by atoms with Crippen LogP contribution >= 0.6 is 0 Å². The fourth-order valence-corrected chi connectivity index (χ4v) is 1.52. The molecule has 1 aromatic heterocycles. The standard InChI is InChI=1S/C12H13N5O2/c1-8(13)10(18)14-11-15-16-12(19)17(11)7-9-5-3-2-4-6-9/h2-6,13H,7H2,1H3,(H,16,19)(H,14,15,18). The minimum atomic E-state index is -0.590. The van der Waals surface area contributed by atoms with E-state index in [1.54, 1.807) is 0 Å². The Bertz CT molecular complexity index is 656. The third kappa shape index (κ3) is 2.95. The highest BCUT2D eigenvalue weighted by Crippen LogP contribution is 2.05. The largest absolute Gasteiger partial charge is 0.345 e. The van der Waals surface area contributed by atoms with Crippen LogP contribution in [0.3, 0.4) is 0 Å². The van der Waals surface area contributed by atoms with Crippen molar-refractivity contribution in [2.45, 2.75) is 13.5 Å². The minimum absolute atomic E-state index is 0.102. The lowest BCUT2D eigenvalue weighted by Gasteiger charge is -2.06. The van der Waals surface area contributed by atoms with Gasteiger partial charge < -0.3 is 0 Å². The van der Waals surface area contributed by atoms with Gasteiger partial charge in [0.1, 0.15) is 0 Å². The van der Waals surface area contributed by atoms with Crippen molar-refractivity contribution in [3.8, 4) is 0 Å². The normalized spacial score (nSPS) is 10.2. The minimum Gasteiger partial charge on any atom is -0.300 e. The number of nitrogens with one attached hydrogen (secondary N) is 3. The number of rotatable bonds is 4. The topological polar surface area (TPSA) is 104 Å². The lowest BCUT2D eigenvalue weighted by Crippen LogP contribution is -2.25. The van der Waals surface area contributed by atoms with E-state index in [0.29, 0.717) is 6.54 Å². The molecule has 98 valence electrons. The summed E-state index contributed by atoms with van der Waals surface area (Å²) >= 11 is 0. The number of amides is 1. The van der Waals surface area contributed by atoms with Gasteiger partial charge in [0.25, 0.3) is 5.91 Å². The van der Waals surface area contributed by atoms with E-state index in [-0.39, 0.29) is 11.7 Å². The van der Waals surface area contributed by atoms with Crippen LogP contribution in [0.2, 0.25) is 0 Å². The maximum Gasteiger partial charge on any atom is 0.345 e. The molecule has 0 aliphatic carbocycles. The van der Waals surface area contributed by atoms with Gasteiger partial charge in [0, 0.05) is 0 Å². The molecule has 2 aromatic rings. The number of H-pyrrole nitrogens is 1. The highest BCUT2D eigenvalue weighted by Gasteiger charge is 2.12. The molecule has 0 spiro atoms. The maximum absolute atomic E-state index is 11.6. The molecule has 0 aliphatic rings. The molecule has 0 saturated heterocycles. The van der Waals surface area contributed by atoms with Crippen LogP contribution in [0.25, 0.3) is 0 Å². The predicted molar refractivity (Wildman–Crippen MR) is 70.4 cm³/mol. The Morgan fingerprint density at radius 2 is 2.11 bits per heavy atom. The molecule has 0 fully saturated rings. The Kier molecular flexibility index (Phi) is 3.56. The molecule has 0 unspecified atom stereocenters. The van der Waals surface area contributed by atoms with E-state index >= 15 is 0 Å². The van der Waals surface area contributed by atoms with Crippen molar-refractivity contribution in [2.75, 3.05) is 5.32 Å². The second kappa shape index (κ2) is 5.30. The average molecular weight is 259 g/mol. The molecule has 7 heteroatoms. The van der Waals surface area contributed by atoms with Crippen LogP contribution in [0.15, 0.2) is 35.1 Å². The fraction of sp³-hybridized carbons (Fsp3) is 0.167. The summed E-state index contributed by atoms with van der Waals surface area (Å²) in [5.74, 6) is -0.487. The molecule has 3 N–H and O–H groups in total. The van der Waals surface area contributed by atoms with Gasteiger partial charge in [-0.1, -0.05) is 30.3 Å². The van der Waals surface area contributed by atoms with Crippen molar-refractivity contribution in [3.63, 3.8) is 0 Å². The van der Waals surface area contributed by atoms with E-state index in [9.17, 15) is 9.59 Å². The van der Waals surface area contributed by atoms with Crippen molar-refractivity contribution < 1.29 is 4.79 Å². The quantitative estimate of drug-likeness (QED) is 0.700. The van der Waals surface area contributed by atoms with Crippen LogP contribution in [0.1, 0.15) is 12.5 Å². The SMILES string of the molecule is CC(=N)C(=O)Nc1n[nH]c(=O)n1Cc1ccccc1. The number of carbonyl (C=O) groups is 1. The Labute approximate surface area is 108 Å². The van der Waals surface area contributed by atoms with Crippen molar-refractivity contribution in [1.82, 2.24) is 14.8 Å². The molecule has 0 atom stereocenters. The summed E-state index contributed by atoms with van der Waals surface area (Å²) in [5.41, 5.74) is 0.344. The van der Waals surface area contributed by atoms with Crippen molar-refractivity contribution in [3.05, 3.63) is 46.4 Å². The van der Waals surface area contributed by atoms with Gasteiger partial charge in [0.05, 0.1) is 12.3 Å². The summed E-state index contributed by atoms with van der Waals surface area (Å²) < 4.78 is 1.30. The molecule has 0 saturated carbocycles. The number of aromatic amines is 1. The van der Waals surface area contributed by atoms with E-state index in [2.05, 4.69) is 15.5 Å².